The van der Waals surface area contributed by atoms with Gasteiger partial charge in [-0.1, -0.05) is 0 Å². The summed E-state index contributed by atoms with van der Waals surface area (Å²) < 4.78 is 62.8. The molecule has 4 rings (SSSR count). The van der Waals surface area contributed by atoms with Crippen LogP contribution in [0.1, 0.15) is 34.1 Å². The third kappa shape index (κ3) is 5.25. The molecule has 0 radical (unpaired) electrons. The van der Waals surface area contributed by atoms with Crippen molar-refractivity contribution in [3.05, 3.63) is 69.8 Å². The van der Waals surface area contributed by atoms with E-state index >= 15 is 0 Å². The molecule has 9 nitrogen and oxygen atoms in total. The van der Waals surface area contributed by atoms with Crippen molar-refractivity contribution < 1.29 is 36.8 Å². The number of ether oxygens (including phenoxy) is 2. The number of carbonyl (C=O) groups excluding carboxylic acids is 1. The number of benzene rings is 2. The highest BCUT2D eigenvalue weighted by atomic mass is 79.9. The number of nitrogens with zero attached hydrogens (tertiary/aromatic N) is 4. The molecular weight excluding hydrogens is 581 g/mol. The van der Waals surface area contributed by atoms with Crippen LogP contribution in [0, 0.1) is 0 Å². The maximum absolute atomic E-state index is 13.3. The summed E-state index contributed by atoms with van der Waals surface area (Å²) in [6.45, 7) is 1.71. The number of rotatable bonds is 7. The SMILES string of the molecule is CCOC(=O)c1c(C(=S=O)c2ccc(OC(F)(F)F)cc2)n(C)c2cc(Br)c(O)c(Cn3cncn3)c12. The number of halogens is 4. The summed E-state index contributed by atoms with van der Waals surface area (Å²) in [5, 5.41) is 15.3. The third-order valence-corrected chi connectivity index (χ3v) is 6.63. The molecule has 0 atom stereocenters. The first-order valence-corrected chi connectivity index (χ1v) is 12.1. The highest BCUT2D eigenvalue weighted by molar-refractivity contribution is 9.10. The molecule has 0 amide bonds. The number of esters is 1. The Balaban J connectivity index is 1.98. The zero-order chi connectivity index (χ0) is 26.9. The molecule has 14 heteroatoms. The van der Waals surface area contributed by atoms with Crippen molar-refractivity contribution in [2.75, 3.05) is 6.61 Å². The van der Waals surface area contributed by atoms with E-state index in [-0.39, 0.29) is 51.8 Å². The van der Waals surface area contributed by atoms with Gasteiger partial charge in [0.1, 0.15) is 24.2 Å². The molecule has 2 aromatic carbocycles. The number of hydrogen-bond donors (Lipinski definition) is 1. The number of carbonyl (C=O) groups is 1. The van der Waals surface area contributed by atoms with Gasteiger partial charge in [-0.3, -0.25) is 0 Å². The van der Waals surface area contributed by atoms with Crippen LogP contribution < -0.4 is 4.74 Å². The summed E-state index contributed by atoms with van der Waals surface area (Å²) in [6.07, 6.45) is -2.11. The molecule has 2 aromatic heterocycles. The van der Waals surface area contributed by atoms with E-state index in [1.807, 2.05) is 0 Å². The van der Waals surface area contributed by atoms with E-state index < -0.39 is 18.1 Å². The lowest BCUT2D eigenvalue weighted by Crippen LogP contribution is -2.17. The Labute approximate surface area is 219 Å². The first kappa shape index (κ1) is 26.4. The molecule has 0 bridgehead atoms. The molecule has 0 saturated heterocycles. The van der Waals surface area contributed by atoms with Crippen LogP contribution in [0.25, 0.3) is 10.9 Å². The van der Waals surface area contributed by atoms with Crippen molar-refractivity contribution in [1.29, 1.82) is 0 Å². The fourth-order valence-electron chi connectivity index (χ4n) is 3.96. The first-order valence-electron chi connectivity index (χ1n) is 10.6. The van der Waals surface area contributed by atoms with E-state index in [1.54, 1.807) is 24.6 Å². The predicted octanol–water partition coefficient (Wildman–Crippen LogP) is 4.14. The summed E-state index contributed by atoms with van der Waals surface area (Å²) in [5.41, 5.74) is 1.26. The van der Waals surface area contributed by atoms with Gasteiger partial charge in [-0.2, -0.15) is 5.10 Å². The average molecular weight is 599 g/mol. The van der Waals surface area contributed by atoms with Crippen LogP contribution in [0.4, 0.5) is 13.2 Å². The van der Waals surface area contributed by atoms with Crippen molar-refractivity contribution in [2.45, 2.75) is 19.8 Å². The quantitative estimate of drug-likeness (QED) is 0.193. The third-order valence-electron chi connectivity index (χ3n) is 5.43. The summed E-state index contributed by atoms with van der Waals surface area (Å²) in [5.74, 6) is -1.35. The maximum atomic E-state index is 13.3. The van der Waals surface area contributed by atoms with Gasteiger partial charge in [0.25, 0.3) is 0 Å². The van der Waals surface area contributed by atoms with E-state index in [1.165, 1.54) is 29.5 Å². The van der Waals surface area contributed by atoms with Gasteiger partial charge in [-0.05, 0) is 58.7 Å². The number of aromatic nitrogens is 4. The molecule has 0 unspecified atom stereocenters. The standard InChI is InChI=1S/C23H18BrF3N4O5S/c1-3-35-22(33)18-17-14(9-31-11-28-10-29-31)20(32)15(24)8-16(17)30(2)19(18)21(37-34)12-4-6-13(7-5-12)36-23(25,26)27/h4-8,10-11,32H,3,9H2,1-2H3. The molecule has 194 valence electrons. The second kappa shape index (κ2) is 10.4. The number of phenolic OH excluding ortho intramolecular Hbond substituents is 1. The lowest BCUT2D eigenvalue weighted by molar-refractivity contribution is -0.274. The molecule has 37 heavy (non-hydrogen) atoms. The van der Waals surface area contributed by atoms with Gasteiger partial charge in [0, 0.05) is 18.0 Å². The molecule has 0 aliphatic rings. The lowest BCUT2D eigenvalue weighted by atomic mass is 10.0. The Bertz CT molecular complexity index is 1530. The topological polar surface area (TPSA) is 108 Å². The van der Waals surface area contributed by atoms with Gasteiger partial charge in [0.2, 0.25) is 0 Å². The minimum absolute atomic E-state index is 0.0197. The van der Waals surface area contributed by atoms with Crippen LogP contribution >= 0.6 is 15.9 Å². The second-order valence-electron chi connectivity index (χ2n) is 7.66. The minimum Gasteiger partial charge on any atom is -0.506 e. The van der Waals surface area contributed by atoms with Crippen LogP contribution in [0.5, 0.6) is 11.5 Å². The normalized spacial score (nSPS) is 11.5. The van der Waals surface area contributed by atoms with E-state index in [0.717, 1.165) is 12.1 Å². The van der Waals surface area contributed by atoms with Crippen molar-refractivity contribution in [2.24, 2.45) is 7.05 Å². The predicted molar refractivity (Wildman–Crippen MR) is 132 cm³/mol. The summed E-state index contributed by atoms with van der Waals surface area (Å²) in [7, 11) is 1.63. The smallest absolute Gasteiger partial charge is 0.506 e. The summed E-state index contributed by atoms with van der Waals surface area (Å²) >= 11 is 3.40. The molecule has 4 aromatic rings. The highest BCUT2D eigenvalue weighted by Gasteiger charge is 2.32. The minimum atomic E-state index is -4.87. The van der Waals surface area contributed by atoms with Crippen molar-refractivity contribution in [3.63, 3.8) is 0 Å². The maximum Gasteiger partial charge on any atom is 0.573 e. The second-order valence-corrected chi connectivity index (χ2v) is 9.09. The number of hydrogen-bond acceptors (Lipinski definition) is 7. The monoisotopic (exact) mass is 598 g/mol. The molecule has 0 aliphatic heterocycles. The number of fused-ring (bicyclic) bond motifs is 1. The van der Waals surface area contributed by atoms with E-state index in [0.29, 0.717) is 20.9 Å². The van der Waals surface area contributed by atoms with Gasteiger partial charge < -0.3 is 19.1 Å². The number of aromatic hydroxyl groups is 1. The Morgan fingerprint density at radius 1 is 1.24 bits per heavy atom. The molecule has 2 heterocycles. The Kier molecular flexibility index (Phi) is 7.41. The molecule has 0 saturated carbocycles. The molecule has 0 fully saturated rings. The Hall–Kier alpha value is -3.65. The van der Waals surface area contributed by atoms with E-state index in [9.17, 15) is 27.3 Å². The van der Waals surface area contributed by atoms with Crippen LogP contribution in [0.3, 0.4) is 0 Å². The molecule has 1 N–H and O–H groups in total. The van der Waals surface area contributed by atoms with Crippen molar-refractivity contribution in [1.82, 2.24) is 19.3 Å². The van der Waals surface area contributed by atoms with Crippen LogP contribution in [0.2, 0.25) is 0 Å². The zero-order valence-electron chi connectivity index (χ0n) is 19.2. The van der Waals surface area contributed by atoms with Crippen LogP contribution in [-0.2, 0) is 29.6 Å². The van der Waals surface area contributed by atoms with Gasteiger partial charge in [-0.25, -0.2) is 18.7 Å². The number of aryl methyl sites for hydroxylation is 1. The van der Waals surface area contributed by atoms with Gasteiger partial charge in [0.15, 0.2) is 0 Å². The number of alkyl halides is 3. The van der Waals surface area contributed by atoms with Crippen LogP contribution in [0.15, 0.2) is 47.5 Å². The van der Waals surface area contributed by atoms with Gasteiger partial charge in [0.05, 0.1) is 50.5 Å². The lowest BCUT2D eigenvalue weighted by Gasteiger charge is -2.12. The van der Waals surface area contributed by atoms with Gasteiger partial charge >= 0.3 is 12.3 Å². The first-order chi connectivity index (χ1) is 17.6. The molecule has 0 spiro atoms. The molecular formula is C23H18BrF3N4O5S. The van der Waals surface area contributed by atoms with Crippen molar-refractivity contribution >= 4 is 48.9 Å². The van der Waals surface area contributed by atoms with E-state index in [4.69, 9.17) is 4.74 Å². The molecule has 0 aliphatic carbocycles. The van der Waals surface area contributed by atoms with Crippen LogP contribution in [-0.4, -0.2) is 52.5 Å². The van der Waals surface area contributed by atoms with Gasteiger partial charge in [-0.15, -0.1) is 13.2 Å². The Morgan fingerprint density at radius 2 is 1.95 bits per heavy atom. The number of phenols is 1. The fraction of sp³-hybridized carbons (Fsp3) is 0.217. The zero-order valence-corrected chi connectivity index (χ0v) is 21.6. The Morgan fingerprint density at radius 3 is 2.51 bits per heavy atom. The summed E-state index contributed by atoms with van der Waals surface area (Å²) in [6, 6.07) is 6.32. The average Bonchev–Trinajstić information content (AvgIpc) is 3.44. The highest BCUT2D eigenvalue weighted by Crippen LogP contribution is 2.40. The largest absolute Gasteiger partial charge is 0.573 e. The van der Waals surface area contributed by atoms with E-state index in [2.05, 4.69) is 30.7 Å². The van der Waals surface area contributed by atoms with Crippen molar-refractivity contribution in [3.8, 4) is 11.5 Å². The fourth-order valence-corrected chi connectivity index (χ4v) is 4.96. The summed E-state index contributed by atoms with van der Waals surface area (Å²) in [4.78, 5) is 17.2.